The number of phosphoric ester groups is 2. The first-order valence-electron chi connectivity index (χ1n) is 48.6. The second kappa shape index (κ2) is 82.7. The predicted molar refractivity (Wildman–Crippen MR) is 488 cm³/mol. The van der Waals surface area contributed by atoms with Gasteiger partial charge in [0.1, 0.15) is 23.7 Å². The van der Waals surface area contributed by atoms with Gasteiger partial charge in [-0.1, -0.05) is 291 Å². The summed E-state index contributed by atoms with van der Waals surface area (Å²) in [4.78, 5) is 115. The van der Waals surface area contributed by atoms with Gasteiger partial charge in [0, 0.05) is 58.2 Å². The van der Waals surface area contributed by atoms with Crippen molar-refractivity contribution < 1.29 is 94.3 Å². The zero-order chi connectivity index (χ0) is 89.2. The normalized spacial score (nSPS) is 14.1. The maximum atomic E-state index is 13.9. The minimum Gasteiger partial charge on any atom is -0.462 e. The molecule has 0 aliphatic heterocycles. The van der Waals surface area contributed by atoms with E-state index >= 15 is 0 Å². The van der Waals surface area contributed by atoms with E-state index in [4.69, 9.17) is 41.8 Å². The Morgan fingerprint density at radius 3 is 0.992 bits per heavy atom. The smallest absolute Gasteiger partial charge is 0.462 e. The topological polar surface area (TPSA) is 337 Å². The van der Waals surface area contributed by atoms with Gasteiger partial charge in [0.15, 0.2) is 0 Å². The molecule has 0 saturated heterocycles. The molecule has 6 atom stereocenters. The van der Waals surface area contributed by atoms with Crippen LogP contribution in [0.5, 0.6) is 0 Å². The van der Waals surface area contributed by atoms with Crippen molar-refractivity contribution in [3.63, 3.8) is 0 Å². The third-order valence-electron chi connectivity index (χ3n) is 21.1. The van der Waals surface area contributed by atoms with E-state index in [0.29, 0.717) is 70.6 Å². The molecule has 0 aliphatic carbocycles. The monoisotopic (exact) mass is 1760 g/mol. The average molecular weight is 1760 g/mol. The van der Waals surface area contributed by atoms with Crippen LogP contribution in [0.2, 0.25) is 0 Å². The molecule has 4 unspecified atom stereocenters. The Bertz CT molecular complexity index is 2520. The van der Waals surface area contributed by atoms with Crippen molar-refractivity contribution in [1.29, 1.82) is 0 Å². The SMILES string of the molecule is CCCCCC/C=C\CCCC(=O)O[C@H](CCCCCCC)CCOCC(COP(=O)(O)OCCNC(=O)C(CCCCNC(=O)OC(C)(C)C)C(=O)NCCOP(=O)(O)OCC(COCC[C@@H](CCCCCCC)OC(=O)CCC/C=C\CCCCCC)NC(=O)CCCCCCCCCCCCC)NC(=O)CCCCCCCCCCCCC. The van der Waals surface area contributed by atoms with Gasteiger partial charge in [-0.2, -0.15) is 0 Å². The first-order valence-corrected chi connectivity index (χ1v) is 51.6. The van der Waals surface area contributed by atoms with Crippen LogP contribution in [-0.2, 0) is 79.7 Å². The van der Waals surface area contributed by atoms with Crippen LogP contribution in [0, 0.1) is 5.92 Å². The molecular weight excluding hydrogens is 1580 g/mol. The van der Waals surface area contributed by atoms with E-state index in [-0.39, 0.29) is 108 Å². The first-order chi connectivity index (χ1) is 58.4. The number of unbranched alkanes of at least 4 members (excludes halogenated alkanes) is 39. The van der Waals surface area contributed by atoms with E-state index < -0.39 is 83.6 Å². The highest BCUT2D eigenvalue weighted by molar-refractivity contribution is 7.47. The number of hydrogen-bond acceptors (Lipinski definition) is 18. The number of carbonyl (C=O) groups is 7. The molecule has 0 aromatic rings. The van der Waals surface area contributed by atoms with Crippen molar-refractivity contribution in [2.24, 2.45) is 5.92 Å². The quantitative estimate of drug-likeness (QED) is 0.00743. The van der Waals surface area contributed by atoms with Crippen LogP contribution in [0.25, 0.3) is 0 Å². The minimum absolute atomic E-state index is 0.0219. The summed E-state index contributed by atoms with van der Waals surface area (Å²) >= 11 is 0. The molecule has 0 aromatic heterocycles. The average Bonchev–Trinajstić information content (AvgIpc) is 0.899. The molecule has 710 valence electrons. The number of amides is 5. The number of phosphoric acid groups is 2. The van der Waals surface area contributed by atoms with Gasteiger partial charge < -0.3 is 60.1 Å². The fourth-order valence-corrected chi connectivity index (χ4v) is 15.4. The Morgan fingerprint density at radius 2 is 0.645 bits per heavy atom. The Kier molecular flexibility index (Phi) is 79.7. The maximum absolute atomic E-state index is 13.9. The van der Waals surface area contributed by atoms with Crippen LogP contribution >= 0.6 is 15.6 Å². The minimum atomic E-state index is -4.84. The largest absolute Gasteiger partial charge is 0.472 e. The third-order valence-corrected chi connectivity index (χ3v) is 23.1. The molecule has 0 spiro atoms. The van der Waals surface area contributed by atoms with Gasteiger partial charge in [-0.25, -0.2) is 13.9 Å². The Morgan fingerprint density at radius 1 is 0.331 bits per heavy atom. The van der Waals surface area contributed by atoms with E-state index in [9.17, 15) is 52.5 Å². The zero-order valence-electron chi connectivity index (χ0n) is 77.9. The summed E-state index contributed by atoms with van der Waals surface area (Å²) in [5, 5.41) is 13.7. The Hall–Kier alpha value is -4.29. The lowest BCUT2D eigenvalue weighted by atomic mass is 9.99. The van der Waals surface area contributed by atoms with Crippen molar-refractivity contribution >= 4 is 57.3 Å². The number of alkyl carbamates (subject to hydrolysis) is 1. The van der Waals surface area contributed by atoms with Crippen molar-refractivity contribution in [2.45, 2.75) is 458 Å². The van der Waals surface area contributed by atoms with E-state index in [1.165, 1.54) is 141 Å². The summed E-state index contributed by atoms with van der Waals surface area (Å²) in [6.45, 7) is 16.1. The van der Waals surface area contributed by atoms with Crippen molar-refractivity contribution in [2.75, 3.05) is 72.5 Å². The van der Waals surface area contributed by atoms with Crippen LogP contribution in [0.15, 0.2) is 24.3 Å². The molecule has 0 fully saturated rings. The Labute approximate surface area is 735 Å². The number of ether oxygens (including phenoxy) is 5. The number of nitrogens with one attached hydrogen (secondary N) is 5. The molecule has 0 aliphatic rings. The molecular formula is C94H179N5O20P2. The van der Waals surface area contributed by atoms with Crippen LogP contribution in [0.1, 0.15) is 428 Å². The highest BCUT2D eigenvalue weighted by Crippen LogP contribution is 2.44. The predicted octanol–water partition coefficient (Wildman–Crippen LogP) is 22.9. The summed E-state index contributed by atoms with van der Waals surface area (Å²) in [6, 6.07) is -1.73. The molecule has 0 aromatic carbocycles. The van der Waals surface area contributed by atoms with Gasteiger partial charge in [0.2, 0.25) is 23.6 Å². The van der Waals surface area contributed by atoms with E-state index in [0.717, 1.165) is 128 Å². The summed E-state index contributed by atoms with van der Waals surface area (Å²) in [7, 11) is -9.68. The Balaban J connectivity index is 6.25. The molecule has 27 heteroatoms. The van der Waals surface area contributed by atoms with Gasteiger partial charge in [-0.3, -0.25) is 46.9 Å². The molecule has 0 saturated carbocycles. The van der Waals surface area contributed by atoms with E-state index in [1.54, 1.807) is 20.8 Å². The van der Waals surface area contributed by atoms with Gasteiger partial charge in [0.25, 0.3) is 0 Å². The summed E-state index contributed by atoms with van der Waals surface area (Å²) in [5.74, 6) is -3.93. The number of rotatable bonds is 89. The van der Waals surface area contributed by atoms with Crippen LogP contribution in [0.3, 0.4) is 0 Å². The van der Waals surface area contributed by atoms with Crippen LogP contribution in [0.4, 0.5) is 4.79 Å². The van der Waals surface area contributed by atoms with Crippen LogP contribution in [-0.4, -0.2) is 154 Å². The van der Waals surface area contributed by atoms with Crippen LogP contribution < -0.4 is 26.6 Å². The van der Waals surface area contributed by atoms with Crippen molar-refractivity contribution in [3.8, 4) is 0 Å². The summed E-state index contributed by atoms with van der Waals surface area (Å²) in [5.41, 5.74) is -0.739. The highest BCUT2D eigenvalue weighted by Gasteiger charge is 2.30. The van der Waals surface area contributed by atoms with Gasteiger partial charge in [-0.15, -0.1) is 0 Å². The van der Waals surface area contributed by atoms with Gasteiger partial charge in [-0.05, 0) is 124 Å². The molecule has 0 radical (unpaired) electrons. The maximum Gasteiger partial charge on any atom is 0.472 e. The standard InChI is InChI=1S/C94H179N5O20P2/c1-10-16-22-28-32-36-38-42-44-50-56-65-87(100)98-82(78-111-74-69-84(62-54-48-26-20-14-5)117-89(102)67-58-52-46-40-34-30-24-18-12-3)80-115-120(107,108)113-76-72-95-91(104)86(64-60-61-71-97-93(106)119-94(7,8)9)92(105)96-73-77-114-121(109,110)116-81-83(99-88(101)66-57-51-45-43-39-37-33-29-23-17-11-2)79-112-75-70-85(63-55-49-27-21-15-6)118-90(103)68-59-53-47-41-35-31-25-19-13-4/h40-41,46-47,82-86H,10-39,42-45,48-81H2,1-9H3,(H,95,104)(H,96,105)(H,97,106)(H,98,100)(H,99,101)(H,107,108)(H,109,110)/b46-40-,47-41-/t82?,83?,84-,85-,86?/m1/s1. The summed E-state index contributed by atoms with van der Waals surface area (Å²) < 4.78 is 78.1. The lowest BCUT2D eigenvalue weighted by molar-refractivity contribution is -0.151. The molecule has 0 heterocycles. The number of hydrogen-bond donors (Lipinski definition) is 7. The molecule has 0 rings (SSSR count). The first kappa shape index (κ1) is 117. The second-order valence-corrected chi connectivity index (χ2v) is 37.0. The fraction of sp³-hybridized carbons (Fsp3) is 0.883. The molecule has 121 heavy (non-hydrogen) atoms. The highest BCUT2D eigenvalue weighted by atomic mass is 31.2. The zero-order valence-corrected chi connectivity index (χ0v) is 79.7. The van der Waals surface area contributed by atoms with Gasteiger partial charge in [0.05, 0.1) is 64.9 Å². The lowest BCUT2D eigenvalue weighted by Crippen LogP contribution is -2.43. The van der Waals surface area contributed by atoms with E-state index in [1.807, 2.05) is 0 Å². The van der Waals surface area contributed by atoms with Crippen molar-refractivity contribution in [1.82, 2.24) is 26.6 Å². The van der Waals surface area contributed by atoms with Crippen molar-refractivity contribution in [3.05, 3.63) is 24.3 Å². The second-order valence-electron chi connectivity index (χ2n) is 34.1. The number of allylic oxidation sites excluding steroid dienone is 4. The fourth-order valence-electron chi connectivity index (χ4n) is 13.9. The molecule has 7 N–H and O–H groups in total. The van der Waals surface area contributed by atoms with Gasteiger partial charge >= 0.3 is 33.7 Å². The van der Waals surface area contributed by atoms with E-state index in [2.05, 4.69) is 92.4 Å². The molecule has 25 nitrogen and oxygen atoms in total. The number of esters is 2. The molecule has 5 amide bonds. The third kappa shape index (κ3) is 80.1. The number of carbonyl (C=O) groups excluding carboxylic acids is 7. The lowest BCUT2D eigenvalue weighted by Gasteiger charge is -2.22. The molecule has 0 bridgehead atoms. The summed E-state index contributed by atoms with van der Waals surface area (Å²) in [6.07, 6.45) is 61.1.